The summed E-state index contributed by atoms with van der Waals surface area (Å²) in [6.07, 6.45) is 0. The molecule has 0 atom stereocenters. The molecule has 0 aliphatic heterocycles. The highest BCUT2D eigenvalue weighted by molar-refractivity contribution is 7.86. The number of carbonyl (C=O) groups excluding carboxylic acids is 1. The summed E-state index contributed by atoms with van der Waals surface area (Å²) in [6.45, 7) is 8.01. The predicted molar refractivity (Wildman–Crippen MR) is 84.8 cm³/mol. The van der Waals surface area contributed by atoms with Crippen LogP contribution in [0.25, 0.3) is 0 Å². The molecule has 0 heterocycles. The Kier molecular flexibility index (Phi) is 5.55. The fourth-order valence-corrected chi connectivity index (χ4v) is 3.77. The van der Waals surface area contributed by atoms with Crippen LogP contribution in [0.3, 0.4) is 0 Å². The van der Waals surface area contributed by atoms with Crippen molar-refractivity contribution in [3.8, 4) is 5.75 Å². The third kappa shape index (κ3) is 5.11. The Balaban J connectivity index is 3.90. The minimum absolute atomic E-state index is 0.196. The number of carbonyl (C=O) groups is 1. The molecule has 0 aliphatic rings. The third-order valence-electron chi connectivity index (χ3n) is 3.14. The van der Waals surface area contributed by atoms with Crippen LogP contribution in [0.1, 0.15) is 47.8 Å². The first-order chi connectivity index (χ1) is 11.0. The molecule has 1 aromatic rings. The fourth-order valence-electron chi connectivity index (χ4n) is 2.40. The van der Waals surface area contributed by atoms with E-state index in [2.05, 4.69) is 4.18 Å². The van der Waals surface area contributed by atoms with Crippen molar-refractivity contribution in [3.05, 3.63) is 22.3 Å². The lowest BCUT2D eigenvalue weighted by atomic mass is 9.98. The molecule has 0 N–H and O–H groups in total. The Bertz CT molecular complexity index is 927. The number of hydrogen-bond donors (Lipinski definition) is 0. The molecule has 1 rings (SSSR count). The van der Waals surface area contributed by atoms with Gasteiger partial charge in [-0.2, -0.15) is 16.8 Å². The maximum absolute atomic E-state index is 13.7. The largest absolute Gasteiger partial charge is 0.488 e. The average molecular weight is 400 g/mol. The highest BCUT2D eigenvalue weighted by atomic mass is 32.3. The van der Waals surface area contributed by atoms with Gasteiger partial charge < -0.3 is 8.92 Å². The van der Waals surface area contributed by atoms with Gasteiger partial charge in [-0.1, -0.05) is 3.89 Å². The van der Waals surface area contributed by atoms with Gasteiger partial charge >= 0.3 is 26.7 Å². The average Bonchev–Trinajstić information content (AvgIpc) is 2.29. The minimum Gasteiger partial charge on any atom is -0.456 e. The van der Waals surface area contributed by atoms with Crippen LogP contribution in [0.2, 0.25) is 0 Å². The molecule has 0 radical (unpaired) electrons. The normalized spacial score (nSPS) is 12.8. The third-order valence-corrected chi connectivity index (χ3v) is 4.61. The van der Waals surface area contributed by atoms with Crippen LogP contribution >= 0.6 is 0 Å². The minimum atomic E-state index is -5.54. The van der Waals surface area contributed by atoms with Crippen LogP contribution in [0.4, 0.5) is 7.77 Å². The molecule has 0 saturated carbocycles. The summed E-state index contributed by atoms with van der Waals surface area (Å²) in [5.74, 6) is -1.82. The van der Waals surface area contributed by atoms with Crippen molar-refractivity contribution in [2.45, 2.75) is 52.0 Å². The van der Waals surface area contributed by atoms with E-state index in [0.29, 0.717) is 0 Å². The monoisotopic (exact) mass is 400 g/mol. The Morgan fingerprint density at radius 2 is 1.40 bits per heavy atom. The first-order valence-corrected chi connectivity index (χ1v) is 9.60. The Labute approximate surface area is 145 Å². The Hall–Kier alpha value is -1.75. The molecule has 0 fully saturated rings. The zero-order valence-corrected chi connectivity index (χ0v) is 16.1. The highest BCUT2D eigenvalue weighted by Gasteiger charge is 2.32. The maximum Gasteiger partial charge on any atom is 0.488 e. The zero-order chi connectivity index (χ0) is 20.0. The summed E-state index contributed by atoms with van der Waals surface area (Å²) in [5, 5.41) is 0. The topological polar surface area (TPSA) is 104 Å². The van der Waals surface area contributed by atoms with Crippen molar-refractivity contribution in [2.24, 2.45) is 0 Å². The number of benzene rings is 1. The van der Waals surface area contributed by atoms with Crippen LogP contribution in [0.5, 0.6) is 5.75 Å². The predicted octanol–water partition coefficient (Wildman–Crippen LogP) is 2.82. The standard InChI is InChI=1S/C14H18F2O7S2/c1-7-10(13(17)22-14(4,5)6)8(2)12(24(15,18)19)9(3)11(7)23-25(16,20)21/h1-6H3. The van der Waals surface area contributed by atoms with Gasteiger partial charge in [0.2, 0.25) is 0 Å². The maximum atomic E-state index is 13.7. The van der Waals surface area contributed by atoms with Crippen molar-refractivity contribution >= 4 is 26.7 Å². The van der Waals surface area contributed by atoms with Gasteiger partial charge in [-0.15, -0.1) is 3.89 Å². The van der Waals surface area contributed by atoms with Gasteiger partial charge in [-0.25, -0.2) is 4.79 Å². The molecule has 0 unspecified atom stereocenters. The van der Waals surface area contributed by atoms with Crippen molar-refractivity contribution in [3.63, 3.8) is 0 Å². The molecule has 7 nitrogen and oxygen atoms in total. The number of esters is 1. The first-order valence-electron chi connectivity index (χ1n) is 6.91. The highest BCUT2D eigenvalue weighted by Crippen LogP contribution is 2.38. The van der Waals surface area contributed by atoms with Gasteiger partial charge in [-0.05, 0) is 47.1 Å². The van der Waals surface area contributed by atoms with Gasteiger partial charge in [0.15, 0.2) is 5.75 Å². The molecule has 1 aromatic carbocycles. The van der Waals surface area contributed by atoms with Crippen LogP contribution in [0, 0.1) is 20.8 Å². The number of rotatable bonds is 4. The number of ether oxygens (including phenoxy) is 1. The van der Waals surface area contributed by atoms with Crippen molar-refractivity contribution < 1.29 is 38.3 Å². The van der Waals surface area contributed by atoms with Gasteiger partial charge in [0.05, 0.1) is 5.56 Å². The molecule has 0 saturated heterocycles. The van der Waals surface area contributed by atoms with Crippen LogP contribution in [-0.4, -0.2) is 28.4 Å². The van der Waals surface area contributed by atoms with Crippen molar-refractivity contribution in [1.29, 1.82) is 0 Å². The van der Waals surface area contributed by atoms with E-state index in [9.17, 15) is 29.4 Å². The van der Waals surface area contributed by atoms with E-state index in [4.69, 9.17) is 4.74 Å². The molecule has 0 spiro atoms. The van der Waals surface area contributed by atoms with E-state index in [1.807, 2.05) is 0 Å². The molecule has 0 aliphatic carbocycles. The lowest BCUT2D eigenvalue weighted by molar-refractivity contribution is 0.00672. The summed E-state index contributed by atoms with van der Waals surface area (Å²) in [7, 11) is -10.9. The van der Waals surface area contributed by atoms with Gasteiger partial charge in [0.25, 0.3) is 0 Å². The lowest BCUT2D eigenvalue weighted by Crippen LogP contribution is -2.26. The molecule has 0 aromatic heterocycles. The van der Waals surface area contributed by atoms with Crippen LogP contribution < -0.4 is 4.18 Å². The smallest absolute Gasteiger partial charge is 0.456 e. The molecule has 0 amide bonds. The molecular weight excluding hydrogens is 382 g/mol. The quantitative estimate of drug-likeness (QED) is 0.565. The molecular formula is C14H18F2O7S2. The summed E-state index contributed by atoms with van der Waals surface area (Å²) in [6, 6.07) is 0. The fraction of sp³-hybridized carbons (Fsp3) is 0.500. The molecule has 11 heteroatoms. The molecule has 0 bridgehead atoms. The van der Waals surface area contributed by atoms with Crippen molar-refractivity contribution in [1.82, 2.24) is 0 Å². The second kappa shape index (κ2) is 6.52. The second-order valence-electron chi connectivity index (χ2n) is 6.32. The summed E-state index contributed by atoms with van der Waals surface area (Å²) < 4.78 is 80.4. The van der Waals surface area contributed by atoms with E-state index in [-0.39, 0.29) is 11.1 Å². The van der Waals surface area contributed by atoms with E-state index >= 15 is 0 Å². The first kappa shape index (κ1) is 21.3. The van der Waals surface area contributed by atoms with Gasteiger partial charge in [0.1, 0.15) is 10.5 Å². The van der Waals surface area contributed by atoms with Gasteiger partial charge in [-0.3, -0.25) is 0 Å². The summed E-state index contributed by atoms with van der Waals surface area (Å²) in [4.78, 5) is 11.4. The molecule has 142 valence electrons. The van der Waals surface area contributed by atoms with E-state index in [0.717, 1.165) is 13.8 Å². The van der Waals surface area contributed by atoms with Gasteiger partial charge in [0, 0.05) is 11.1 Å². The zero-order valence-electron chi connectivity index (χ0n) is 14.4. The van der Waals surface area contributed by atoms with Crippen LogP contribution in [-0.2, 0) is 25.5 Å². The van der Waals surface area contributed by atoms with E-state index in [1.54, 1.807) is 20.8 Å². The summed E-state index contributed by atoms with van der Waals surface area (Å²) in [5.41, 5.74) is -2.36. The lowest BCUT2D eigenvalue weighted by Gasteiger charge is -2.23. The Morgan fingerprint density at radius 3 is 1.76 bits per heavy atom. The Morgan fingerprint density at radius 1 is 0.920 bits per heavy atom. The molecule has 25 heavy (non-hydrogen) atoms. The van der Waals surface area contributed by atoms with E-state index < -0.39 is 54.1 Å². The number of halogens is 2. The van der Waals surface area contributed by atoms with Crippen LogP contribution in [0.15, 0.2) is 4.90 Å². The second-order valence-corrected chi connectivity index (χ2v) is 8.56. The van der Waals surface area contributed by atoms with Crippen molar-refractivity contribution in [2.75, 3.05) is 0 Å². The van der Waals surface area contributed by atoms with E-state index in [1.165, 1.54) is 6.92 Å². The SMILES string of the molecule is Cc1c(OS(=O)(=O)F)c(C)c(S(=O)(=O)F)c(C)c1C(=O)OC(C)(C)C. The summed E-state index contributed by atoms with van der Waals surface area (Å²) >= 11 is 0. The number of hydrogen-bond acceptors (Lipinski definition) is 7.